The number of nitrogen functional groups attached to an aromatic ring is 1. The van der Waals surface area contributed by atoms with Crippen molar-refractivity contribution in [1.82, 2.24) is 0 Å². The molecule has 0 aliphatic heterocycles. The highest BCUT2D eigenvalue weighted by atomic mass is 16.5. The zero-order chi connectivity index (χ0) is 12.8. The van der Waals surface area contributed by atoms with E-state index in [1.807, 2.05) is 13.8 Å². The van der Waals surface area contributed by atoms with E-state index in [9.17, 15) is 4.79 Å². The monoisotopic (exact) mass is 237 g/mol. The first-order chi connectivity index (χ1) is 8.12. The molecule has 1 aromatic rings. The quantitative estimate of drug-likeness (QED) is 0.631. The summed E-state index contributed by atoms with van der Waals surface area (Å²) in [6, 6.07) is 4.90. The molecule has 0 heterocycles. The number of hydrogen-bond acceptors (Lipinski definition) is 4. The van der Waals surface area contributed by atoms with Crippen molar-refractivity contribution in [3.63, 3.8) is 0 Å². The number of esters is 1. The van der Waals surface area contributed by atoms with Gasteiger partial charge in [0.1, 0.15) is 17.4 Å². The van der Waals surface area contributed by atoms with E-state index in [1.165, 1.54) is 7.11 Å². The standard InChI is InChI=1S/C13H19NO3/c1-4-10(5-2)17-13(15)11-7-6-9(14)8-12(11)16-3/h6-8,10H,4-5,14H2,1-3H3. The van der Waals surface area contributed by atoms with Crippen molar-refractivity contribution in [2.24, 2.45) is 0 Å². The zero-order valence-corrected chi connectivity index (χ0v) is 10.5. The van der Waals surface area contributed by atoms with E-state index in [4.69, 9.17) is 15.2 Å². The van der Waals surface area contributed by atoms with Crippen LogP contribution in [0.25, 0.3) is 0 Å². The predicted octanol–water partition coefficient (Wildman–Crippen LogP) is 2.62. The fourth-order valence-corrected chi connectivity index (χ4v) is 1.55. The van der Waals surface area contributed by atoms with Gasteiger partial charge in [0.15, 0.2) is 0 Å². The first-order valence-electron chi connectivity index (χ1n) is 5.76. The third-order valence-corrected chi connectivity index (χ3v) is 2.63. The van der Waals surface area contributed by atoms with Crippen molar-refractivity contribution in [2.75, 3.05) is 12.8 Å². The van der Waals surface area contributed by atoms with Gasteiger partial charge in [0.05, 0.1) is 7.11 Å². The summed E-state index contributed by atoms with van der Waals surface area (Å²) in [5, 5.41) is 0. The van der Waals surface area contributed by atoms with Crippen molar-refractivity contribution >= 4 is 11.7 Å². The summed E-state index contributed by atoms with van der Waals surface area (Å²) in [6.07, 6.45) is 1.56. The van der Waals surface area contributed by atoms with Crippen LogP contribution in [0.5, 0.6) is 5.75 Å². The van der Waals surface area contributed by atoms with Crippen LogP contribution in [-0.4, -0.2) is 19.2 Å². The second-order valence-electron chi connectivity index (χ2n) is 3.80. The molecule has 0 aromatic heterocycles. The third-order valence-electron chi connectivity index (χ3n) is 2.63. The fraction of sp³-hybridized carbons (Fsp3) is 0.462. The molecular weight excluding hydrogens is 218 g/mol. The topological polar surface area (TPSA) is 61.5 Å². The highest BCUT2D eigenvalue weighted by Gasteiger charge is 2.17. The molecule has 17 heavy (non-hydrogen) atoms. The van der Waals surface area contributed by atoms with E-state index < -0.39 is 0 Å². The Morgan fingerprint density at radius 1 is 1.35 bits per heavy atom. The lowest BCUT2D eigenvalue weighted by Crippen LogP contribution is -2.17. The first-order valence-corrected chi connectivity index (χ1v) is 5.76. The highest BCUT2D eigenvalue weighted by molar-refractivity contribution is 5.93. The molecule has 0 saturated carbocycles. The molecular formula is C13H19NO3. The molecule has 0 unspecified atom stereocenters. The Hall–Kier alpha value is -1.71. The van der Waals surface area contributed by atoms with Crippen LogP contribution in [0.15, 0.2) is 18.2 Å². The number of nitrogens with two attached hydrogens (primary N) is 1. The molecule has 0 radical (unpaired) electrons. The predicted molar refractivity (Wildman–Crippen MR) is 67.2 cm³/mol. The minimum absolute atomic E-state index is 0.0511. The highest BCUT2D eigenvalue weighted by Crippen LogP contribution is 2.23. The second kappa shape index (κ2) is 6.13. The number of benzene rings is 1. The SMILES string of the molecule is CCC(CC)OC(=O)c1ccc(N)cc1OC. The lowest BCUT2D eigenvalue weighted by Gasteiger charge is -2.15. The van der Waals surface area contributed by atoms with Gasteiger partial charge in [0.2, 0.25) is 0 Å². The van der Waals surface area contributed by atoms with Gasteiger partial charge in [-0.3, -0.25) is 0 Å². The average Bonchev–Trinajstić information content (AvgIpc) is 2.35. The molecule has 94 valence electrons. The van der Waals surface area contributed by atoms with Crippen LogP contribution in [0.1, 0.15) is 37.0 Å². The molecule has 0 bridgehead atoms. The smallest absolute Gasteiger partial charge is 0.342 e. The van der Waals surface area contributed by atoms with Crippen LogP contribution < -0.4 is 10.5 Å². The van der Waals surface area contributed by atoms with Crippen molar-refractivity contribution in [2.45, 2.75) is 32.8 Å². The Morgan fingerprint density at radius 2 is 2.00 bits per heavy atom. The fourth-order valence-electron chi connectivity index (χ4n) is 1.55. The molecule has 0 fully saturated rings. The lowest BCUT2D eigenvalue weighted by molar-refractivity contribution is 0.0281. The number of hydrogen-bond donors (Lipinski definition) is 1. The van der Waals surface area contributed by atoms with E-state index in [-0.39, 0.29) is 12.1 Å². The van der Waals surface area contributed by atoms with Crippen LogP contribution in [0, 0.1) is 0 Å². The summed E-state index contributed by atoms with van der Waals surface area (Å²) in [6.45, 7) is 3.98. The molecule has 0 aliphatic carbocycles. The van der Waals surface area contributed by atoms with Gasteiger partial charge in [0, 0.05) is 11.8 Å². The molecule has 2 N–H and O–H groups in total. The second-order valence-corrected chi connectivity index (χ2v) is 3.80. The van der Waals surface area contributed by atoms with Gasteiger partial charge >= 0.3 is 5.97 Å². The van der Waals surface area contributed by atoms with E-state index in [2.05, 4.69) is 0 Å². The average molecular weight is 237 g/mol. The molecule has 0 amide bonds. The van der Waals surface area contributed by atoms with E-state index in [0.717, 1.165) is 12.8 Å². The molecule has 0 atom stereocenters. The Bertz CT molecular complexity index is 386. The van der Waals surface area contributed by atoms with Gasteiger partial charge < -0.3 is 15.2 Å². The summed E-state index contributed by atoms with van der Waals surface area (Å²) in [7, 11) is 1.50. The molecule has 0 spiro atoms. The zero-order valence-electron chi connectivity index (χ0n) is 10.5. The Kier molecular flexibility index (Phi) is 4.82. The minimum atomic E-state index is -0.365. The van der Waals surface area contributed by atoms with E-state index in [1.54, 1.807) is 18.2 Å². The number of ether oxygens (including phenoxy) is 2. The summed E-state index contributed by atoms with van der Waals surface area (Å²) in [5.74, 6) is 0.0801. The van der Waals surface area contributed by atoms with Crippen LogP contribution in [-0.2, 0) is 4.74 Å². The van der Waals surface area contributed by atoms with Crippen LogP contribution >= 0.6 is 0 Å². The Balaban J connectivity index is 2.88. The number of methoxy groups -OCH3 is 1. The van der Waals surface area contributed by atoms with Gasteiger partial charge in [-0.1, -0.05) is 13.8 Å². The Morgan fingerprint density at radius 3 is 2.53 bits per heavy atom. The maximum absolute atomic E-state index is 11.9. The Labute approximate surface area is 102 Å². The number of rotatable bonds is 5. The lowest BCUT2D eigenvalue weighted by atomic mass is 10.1. The van der Waals surface area contributed by atoms with E-state index >= 15 is 0 Å². The molecule has 1 aromatic carbocycles. The molecule has 4 nitrogen and oxygen atoms in total. The maximum Gasteiger partial charge on any atom is 0.342 e. The van der Waals surface area contributed by atoms with E-state index in [0.29, 0.717) is 17.0 Å². The molecule has 1 rings (SSSR count). The first kappa shape index (κ1) is 13.4. The van der Waals surface area contributed by atoms with Gasteiger partial charge in [-0.05, 0) is 25.0 Å². The van der Waals surface area contributed by atoms with Gasteiger partial charge in [0.25, 0.3) is 0 Å². The van der Waals surface area contributed by atoms with Gasteiger partial charge in [-0.15, -0.1) is 0 Å². The van der Waals surface area contributed by atoms with Crippen molar-refractivity contribution < 1.29 is 14.3 Å². The van der Waals surface area contributed by atoms with Gasteiger partial charge in [-0.25, -0.2) is 4.79 Å². The third kappa shape index (κ3) is 3.37. The molecule has 0 saturated heterocycles. The van der Waals surface area contributed by atoms with Crippen LogP contribution in [0.3, 0.4) is 0 Å². The number of carbonyl (C=O) groups excluding carboxylic acids is 1. The summed E-state index contributed by atoms with van der Waals surface area (Å²) in [5.41, 5.74) is 6.59. The normalized spacial score (nSPS) is 10.4. The van der Waals surface area contributed by atoms with Crippen LogP contribution in [0.4, 0.5) is 5.69 Å². The van der Waals surface area contributed by atoms with Crippen molar-refractivity contribution in [3.8, 4) is 5.75 Å². The number of carbonyl (C=O) groups is 1. The van der Waals surface area contributed by atoms with Gasteiger partial charge in [-0.2, -0.15) is 0 Å². The van der Waals surface area contributed by atoms with Crippen molar-refractivity contribution in [1.29, 1.82) is 0 Å². The number of anilines is 1. The summed E-state index contributed by atoms with van der Waals surface area (Å²) < 4.78 is 10.5. The largest absolute Gasteiger partial charge is 0.496 e. The maximum atomic E-state index is 11.9. The molecule has 4 heteroatoms. The van der Waals surface area contributed by atoms with Crippen LogP contribution in [0.2, 0.25) is 0 Å². The summed E-state index contributed by atoms with van der Waals surface area (Å²) in [4.78, 5) is 11.9. The van der Waals surface area contributed by atoms with Crippen molar-refractivity contribution in [3.05, 3.63) is 23.8 Å². The summed E-state index contributed by atoms with van der Waals surface area (Å²) >= 11 is 0. The molecule has 0 aliphatic rings. The minimum Gasteiger partial charge on any atom is -0.496 e.